The van der Waals surface area contributed by atoms with E-state index >= 15 is 0 Å². The third-order valence-electron chi connectivity index (χ3n) is 2.28. The van der Waals surface area contributed by atoms with Crippen LogP contribution in [0.5, 0.6) is 0 Å². The normalized spacial score (nSPS) is 30.3. The zero-order chi connectivity index (χ0) is 9.90. The van der Waals surface area contributed by atoms with Crippen LogP contribution in [0.1, 0.15) is 19.8 Å². The van der Waals surface area contributed by atoms with Crippen molar-refractivity contribution in [3.8, 4) is 0 Å². The number of piperidine rings is 1. The smallest absolute Gasteiger partial charge is 0.264 e. The third-order valence-corrected chi connectivity index (χ3v) is 2.84. The monoisotopic (exact) mass is 207 g/mol. The number of rotatable bonds is 3. The molecule has 1 saturated heterocycles. The first-order chi connectivity index (χ1) is 5.97. The molecular weight excluding hydrogens is 190 g/mol. The molecule has 0 aliphatic carbocycles. The van der Waals surface area contributed by atoms with Gasteiger partial charge >= 0.3 is 0 Å². The fourth-order valence-corrected chi connectivity index (χ4v) is 1.86. The summed E-state index contributed by atoms with van der Waals surface area (Å²) in [7, 11) is -3.26. The Morgan fingerprint density at radius 2 is 2.15 bits per heavy atom. The van der Waals surface area contributed by atoms with E-state index in [0.717, 1.165) is 25.6 Å². The summed E-state index contributed by atoms with van der Waals surface area (Å²) < 4.78 is 26.1. The van der Waals surface area contributed by atoms with E-state index in [1.807, 2.05) is 0 Å². The Morgan fingerprint density at radius 3 is 2.62 bits per heavy atom. The molecule has 0 unspecified atom stereocenters. The van der Waals surface area contributed by atoms with Gasteiger partial charge in [-0.05, 0) is 25.7 Å². The van der Waals surface area contributed by atoms with Crippen LogP contribution in [-0.2, 0) is 14.3 Å². The number of hydrogen-bond acceptors (Lipinski definition) is 4. The Kier molecular flexibility index (Phi) is 3.70. The lowest BCUT2D eigenvalue weighted by Crippen LogP contribution is -2.38. The molecule has 1 N–H and O–H groups in total. The van der Waals surface area contributed by atoms with Crippen molar-refractivity contribution in [3.63, 3.8) is 0 Å². The van der Waals surface area contributed by atoms with Crippen molar-refractivity contribution in [1.29, 1.82) is 0 Å². The van der Waals surface area contributed by atoms with E-state index < -0.39 is 10.1 Å². The molecule has 0 saturated carbocycles. The largest absolute Gasteiger partial charge is 0.314 e. The van der Waals surface area contributed by atoms with Gasteiger partial charge in [-0.1, -0.05) is 0 Å². The molecule has 4 nitrogen and oxygen atoms in total. The minimum atomic E-state index is -3.26. The highest BCUT2D eigenvalue weighted by atomic mass is 32.2. The van der Waals surface area contributed by atoms with E-state index in [4.69, 9.17) is 4.18 Å². The highest BCUT2D eigenvalue weighted by molar-refractivity contribution is 7.85. The fraction of sp³-hybridized carbons (Fsp3) is 1.00. The van der Waals surface area contributed by atoms with Gasteiger partial charge in [0.1, 0.15) is 0 Å². The van der Waals surface area contributed by atoms with Crippen LogP contribution in [-0.4, -0.2) is 33.9 Å². The molecule has 1 aliphatic rings. The lowest BCUT2D eigenvalue weighted by Gasteiger charge is -2.26. The maximum Gasteiger partial charge on any atom is 0.264 e. The molecule has 78 valence electrons. The van der Waals surface area contributed by atoms with Gasteiger partial charge in [0.25, 0.3) is 10.1 Å². The second-order valence-electron chi connectivity index (χ2n) is 3.74. The van der Waals surface area contributed by atoms with Crippen molar-refractivity contribution in [2.75, 3.05) is 19.4 Å². The molecule has 0 spiro atoms. The van der Waals surface area contributed by atoms with Crippen molar-refractivity contribution < 1.29 is 12.6 Å². The molecule has 2 atom stereocenters. The predicted molar refractivity (Wildman–Crippen MR) is 51.0 cm³/mol. The fourth-order valence-electron chi connectivity index (χ4n) is 1.42. The molecule has 0 radical (unpaired) electrons. The summed E-state index contributed by atoms with van der Waals surface area (Å²) in [6, 6.07) is 0.550. The Hall–Kier alpha value is -0.130. The highest BCUT2D eigenvalue weighted by Gasteiger charge is 2.18. The van der Waals surface area contributed by atoms with Crippen LogP contribution < -0.4 is 5.32 Å². The first-order valence-corrected chi connectivity index (χ1v) is 6.37. The van der Waals surface area contributed by atoms with E-state index in [0.29, 0.717) is 18.6 Å². The molecule has 1 heterocycles. The lowest BCUT2D eigenvalue weighted by atomic mass is 9.96. The summed E-state index contributed by atoms with van der Waals surface area (Å²) in [4.78, 5) is 0. The van der Waals surface area contributed by atoms with Crippen molar-refractivity contribution >= 4 is 10.1 Å². The van der Waals surface area contributed by atoms with Crippen LogP contribution in [0.25, 0.3) is 0 Å². The molecule has 0 aromatic rings. The maximum absolute atomic E-state index is 10.7. The van der Waals surface area contributed by atoms with Crippen LogP contribution in [0.4, 0.5) is 0 Å². The van der Waals surface area contributed by atoms with Crippen LogP contribution in [0.15, 0.2) is 0 Å². The molecule has 0 amide bonds. The average Bonchev–Trinajstić information content (AvgIpc) is 2.02. The molecule has 1 fully saturated rings. The summed E-state index contributed by atoms with van der Waals surface area (Å²) in [6.45, 7) is 3.31. The van der Waals surface area contributed by atoms with Gasteiger partial charge < -0.3 is 5.32 Å². The van der Waals surface area contributed by atoms with Crippen LogP contribution in [0.2, 0.25) is 0 Å². The van der Waals surface area contributed by atoms with Gasteiger partial charge in [-0.2, -0.15) is 8.42 Å². The maximum atomic E-state index is 10.7. The average molecular weight is 207 g/mol. The summed E-state index contributed by atoms with van der Waals surface area (Å²) in [5.41, 5.74) is 0. The van der Waals surface area contributed by atoms with E-state index in [9.17, 15) is 8.42 Å². The molecule has 13 heavy (non-hydrogen) atoms. The summed E-state index contributed by atoms with van der Waals surface area (Å²) in [5.74, 6) is 0.339. The molecule has 1 aliphatic heterocycles. The standard InChI is InChI=1S/C8H17NO3S/c1-7-3-4-8(5-9-7)6-12-13(2,10)11/h7-9H,3-6H2,1-2H3/t7-,8+/m1/s1. The molecule has 0 aromatic carbocycles. The van der Waals surface area contributed by atoms with Crippen LogP contribution in [0.3, 0.4) is 0 Å². The van der Waals surface area contributed by atoms with Gasteiger partial charge in [-0.15, -0.1) is 0 Å². The van der Waals surface area contributed by atoms with Gasteiger partial charge in [-0.25, -0.2) is 0 Å². The van der Waals surface area contributed by atoms with Gasteiger partial charge in [-0.3, -0.25) is 4.18 Å². The SMILES string of the molecule is C[C@@H]1CC[C@H](COS(C)(=O)=O)CN1. The Bertz CT molecular complexity index is 242. The molecule has 1 rings (SSSR count). The summed E-state index contributed by atoms with van der Waals surface area (Å²) >= 11 is 0. The van der Waals surface area contributed by atoms with E-state index in [-0.39, 0.29) is 0 Å². The molecular formula is C8H17NO3S. The van der Waals surface area contributed by atoms with E-state index in [2.05, 4.69) is 12.2 Å². The highest BCUT2D eigenvalue weighted by Crippen LogP contribution is 2.14. The van der Waals surface area contributed by atoms with Crippen molar-refractivity contribution in [1.82, 2.24) is 5.32 Å². The lowest BCUT2D eigenvalue weighted by molar-refractivity contribution is 0.210. The zero-order valence-corrected chi connectivity index (χ0v) is 8.93. The first kappa shape index (κ1) is 10.9. The van der Waals surface area contributed by atoms with Gasteiger partial charge in [0, 0.05) is 12.6 Å². The van der Waals surface area contributed by atoms with Crippen molar-refractivity contribution in [2.45, 2.75) is 25.8 Å². The molecule has 0 bridgehead atoms. The van der Waals surface area contributed by atoms with Crippen molar-refractivity contribution in [3.05, 3.63) is 0 Å². The number of nitrogens with one attached hydrogen (secondary N) is 1. The van der Waals surface area contributed by atoms with E-state index in [1.165, 1.54) is 0 Å². The molecule has 0 aromatic heterocycles. The van der Waals surface area contributed by atoms with Crippen LogP contribution in [0, 0.1) is 5.92 Å². The Balaban J connectivity index is 2.24. The predicted octanol–water partition coefficient (Wildman–Crippen LogP) is 0.351. The zero-order valence-electron chi connectivity index (χ0n) is 8.12. The molecule has 5 heteroatoms. The summed E-state index contributed by atoms with van der Waals surface area (Å²) in [5, 5.41) is 3.29. The second kappa shape index (κ2) is 4.39. The quantitative estimate of drug-likeness (QED) is 0.678. The minimum absolute atomic E-state index is 0.318. The van der Waals surface area contributed by atoms with Crippen molar-refractivity contribution in [2.24, 2.45) is 5.92 Å². The minimum Gasteiger partial charge on any atom is -0.314 e. The van der Waals surface area contributed by atoms with Crippen LogP contribution >= 0.6 is 0 Å². The van der Waals surface area contributed by atoms with E-state index in [1.54, 1.807) is 0 Å². The topological polar surface area (TPSA) is 55.4 Å². The van der Waals surface area contributed by atoms with Gasteiger partial charge in [0.05, 0.1) is 12.9 Å². The summed E-state index contributed by atoms with van der Waals surface area (Å²) in [6.07, 6.45) is 3.23. The van der Waals surface area contributed by atoms with Gasteiger partial charge in [0.2, 0.25) is 0 Å². The third kappa shape index (κ3) is 4.59. The first-order valence-electron chi connectivity index (χ1n) is 4.55. The Morgan fingerprint density at radius 1 is 1.46 bits per heavy atom. The number of hydrogen-bond donors (Lipinski definition) is 1. The second-order valence-corrected chi connectivity index (χ2v) is 5.39. The van der Waals surface area contributed by atoms with Gasteiger partial charge in [0.15, 0.2) is 0 Å². The Labute approximate surface area is 79.8 Å².